The van der Waals surface area contributed by atoms with Gasteiger partial charge in [-0.3, -0.25) is 4.79 Å². The molecule has 0 spiro atoms. The Hall–Kier alpha value is -1.73. The molecule has 0 bridgehead atoms. The number of anilines is 1. The first-order valence-electron chi connectivity index (χ1n) is 6.93. The van der Waals surface area contributed by atoms with Crippen molar-refractivity contribution in [1.82, 2.24) is 15.1 Å². The molecule has 2 N–H and O–H groups in total. The number of likely N-dealkylation sites (tertiary alicyclic amines) is 1. The monoisotopic (exact) mass is 306 g/mol. The lowest BCUT2D eigenvalue weighted by atomic mass is 9.95. The van der Waals surface area contributed by atoms with Crippen molar-refractivity contribution in [2.24, 2.45) is 5.92 Å². The third kappa shape index (κ3) is 2.47. The zero-order valence-electron chi connectivity index (χ0n) is 12.1. The fraction of sp³-hybridized carbons (Fsp3) is 0.500. The van der Waals surface area contributed by atoms with Crippen molar-refractivity contribution in [3.05, 3.63) is 17.1 Å². The molecule has 2 atom stereocenters. The smallest absolute Gasteiger partial charge is 0.266 e. The molecule has 21 heavy (non-hydrogen) atoms. The number of nitrogen functional groups attached to an aromatic ring is 1. The van der Waals surface area contributed by atoms with E-state index < -0.39 is 0 Å². The van der Waals surface area contributed by atoms with E-state index in [1.807, 2.05) is 4.90 Å². The van der Waals surface area contributed by atoms with Crippen LogP contribution in [0.25, 0.3) is 10.2 Å². The van der Waals surface area contributed by atoms with Crippen LogP contribution in [0.2, 0.25) is 0 Å². The van der Waals surface area contributed by atoms with E-state index in [0.717, 1.165) is 18.4 Å². The highest BCUT2D eigenvalue weighted by Gasteiger charge is 2.31. The van der Waals surface area contributed by atoms with Gasteiger partial charge < -0.3 is 15.4 Å². The number of hydrogen-bond donors (Lipinski definition) is 1. The first-order valence-corrected chi connectivity index (χ1v) is 7.75. The Bertz CT molecular complexity index is 672. The average molecular weight is 306 g/mol. The summed E-state index contributed by atoms with van der Waals surface area (Å²) >= 11 is 1.30. The van der Waals surface area contributed by atoms with Gasteiger partial charge in [0.2, 0.25) is 0 Å². The average Bonchev–Trinajstić information content (AvgIpc) is 2.85. The number of aromatic nitrogens is 2. The van der Waals surface area contributed by atoms with Gasteiger partial charge in [0.25, 0.3) is 5.91 Å². The van der Waals surface area contributed by atoms with Crippen LogP contribution in [0.3, 0.4) is 0 Å². The van der Waals surface area contributed by atoms with Crippen molar-refractivity contribution >= 4 is 33.1 Å². The lowest BCUT2D eigenvalue weighted by Crippen LogP contribution is -2.46. The van der Waals surface area contributed by atoms with Crippen molar-refractivity contribution in [2.45, 2.75) is 19.4 Å². The van der Waals surface area contributed by atoms with Crippen LogP contribution in [-0.2, 0) is 4.74 Å². The summed E-state index contributed by atoms with van der Waals surface area (Å²) in [7, 11) is 1.69. The maximum Gasteiger partial charge on any atom is 0.266 e. The van der Waals surface area contributed by atoms with Crippen molar-refractivity contribution in [1.29, 1.82) is 0 Å². The second-order valence-corrected chi connectivity index (χ2v) is 6.39. The molecule has 1 amide bonds. The van der Waals surface area contributed by atoms with Crippen molar-refractivity contribution in [3.8, 4) is 0 Å². The maximum atomic E-state index is 12.7. The first-order chi connectivity index (χ1) is 10.1. The fourth-order valence-electron chi connectivity index (χ4n) is 2.70. The second-order valence-electron chi connectivity index (χ2n) is 5.39. The molecule has 0 radical (unpaired) electrons. The maximum absolute atomic E-state index is 12.7. The Balaban J connectivity index is 1.88. The number of rotatable bonds is 2. The molecule has 3 heterocycles. The topological polar surface area (TPSA) is 81.3 Å². The standard InChI is InChI=1S/C14H18N4O2S/c1-8-4-6-18(7-10(8)20-2)14(19)12-11(15)9-3-5-16-17-13(9)21-12/h3,5,8,10H,4,6-7,15H2,1-2H3. The summed E-state index contributed by atoms with van der Waals surface area (Å²) in [6, 6.07) is 1.79. The Morgan fingerprint density at radius 3 is 3.10 bits per heavy atom. The second kappa shape index (κ2) is 5.57. The molecule has 6 nitrogen and oxygen atoms in total. The molecule has 112 valence electrons. The lowest BCUT2D eigenvalue weighted by molar-refractivity contribution is -0.00135. The largest absolute Gasteiger partial charge is 0.397 e. The van der Waals surface area contributed by atoms with E-state index in [1.165, 1.54) is 11.3 Å². The third-order valence-corrected chi connectivity index (χ3v) is 5.19. The number of amides is 1. The number of ether oxygens (including phenoxy) is 1. The van der Waals surface area contributed by atoms with Crippen LogP contribution in [-0.4, -0.2) is 47.3 Å². The highest BCUT2D eigenvalue weighted by atomic mass is 32.1. The van der Waals surface area contributed by atoms with Gasteiger partial charge in [0.15, 0.2) is 0 Å². The lowest BCUT2D eigenvalue weighted by Gasteiger charge is -2.36. The molecule has 2 aromatic heterocycles. The molecular weight excluding hydrogens is 288 g/mol. The van der Waals surface area contributed by atoms with Crippen LogP contribution in [0.1, 0.15) is 23.0 Å². The first kappa shape index (κ1) is 14.2. The number of hydrogen-bond acceptors (Lipinski definition) is 6. The van der Waals surface area contributed by atoms with Gasteiger partial charge >= 0.3 is 0 Å². The number of methoxy groups -OCH3 is 1. The van der Waals surface area contributed by atoms with E-state index in [9.17, 15) is 4.79 Å². The van der Waals surface area contributed by atoms with Crippen molar-refractivity contribution in [3.63, 3.8) is 0 Å². The van der Waals surface area contributed by atoms with Gasteiger partial charge in [0.05, 0.1) is 18.0 Å². The molecule has 7 heteroatoms. The van der Waals surface area contributed by atoms with E-state index >= 15 is 0 Å². The molecule has 3 rings (SSSR count). The van der Waals surface area contributed by atoms with Gasteiger partial charge in [-0.1, -0.05) is 6.92 Å². The SMILES string of the molecule is COC1CN(C(=O)c2sc3nnccc3c2N)CCC1C. The number of carbonyl (C=O) groups is 1. The summed E-state index contributed by atoms with van der Waals surface area (Å²) in [5, 5.41) is 8.66. The van der Waals surface area contributed by atoms with Crippen LogP contribution in [0.4, 0.5) is 5.69 Å². The molecule has 1 fully saturated rings. The van der Waals surface area contributed by atoms with Gasteiger partial charge in [0, 0.05) is 25.6 Å². The minimum absolute atomic E-state index is 0.0375. The van der Waals surface area contributed by atoms with Gasteiger partial charge in [-0.15, -0.1) is 16.4 Å². The summed E-state index contributed by atoms with van der Waals surface area (Å²) in [5.74, 6) is 0.425. The van der Waals surface area contributed by atoms with E-state index in [2.05, 4.69) is 17.1 Å². The van der Waals surface area contributed by atoms with Gasteiger partial charge in [-0.05, 0) is 18.4 Å². The summed E-state index contributed by atoms with van der Waals surface area (Å²) in [6.45, 7) is 3.49. The minimum atomic E-state index is -0.0375. The predicted octanol–water partition coefficient (Wildman–Crippen LogP) is 1.77. The summed E-state index contributed by atoms with van der Waals surface area (Å²) in [5.41, 5.74) is 6.61. The van der Waals surface area contributed by atoms with Crippen molar-refractivity contribution in [2.75, 3.05) is 25.9 Å². The number of nitrogens with two attached hydrogens (primary N) is 1. The van der Waals surface area contributed by atoms with Gasteiger partial charge in [0.1, 0.15) is 9.71 Å². The summed E-state index contributed by atoms with van der Waals surface area (Å²) in [6.07, 6.45) is 2.61. The molecule has 1 aliphatic rings. The van der Waals surface area contributed by atoms with Gasteiger partial charge in [-0.25, -0.2) is 0 Å². The normalized spacial score (nSPS) is 22.7. The highest BCUT2D eigenvalue weighted by Crippen LogP contribution is 2.33. The molecule has 2 unspecified atom stereocenters. The molecule has 0 aromatic carbocycles. The zero-order valence-corrected chi connectivity index (χ0v) is 12.9. The molecule has 0 aliphatic carbocycles. The van der Waals surface area contributed by atoms with Crippen LogP contribution >= 0.6 is 11.3 Å². The minimum Gasteiger partial charge on any atom is -0.397 e. The molecule has 0 saturated carbocycles. The predicted molar refractivity (Wildman–Crippen MR) is 82.3 cm³/mol. The highest BCUT2D eigenvalue weighted by molar-refractivity contribution is 7.21. The van der Waals surface area contributed by atoms with Crippen LogP contribution in [0, 0.1) is 5.92 Å². The molecule has 2 aromatic rings. The van der Waals surface area contributed by atoms with E-state index in [0.29, 0.717) is 27.9 Å². The quantitative estimate of drug-likeness (QED) is 0.914. The Kier molecular flexibility index (Phi) is 3.77. The fourth-order valence-corrected chi connectivity index (χ4v) is 3.71. The Morgan fingerprint density at radius 1 is 1.57 bits per heavy atom. The van der Waals surface area contributed by atoms with E-state index in [4.69, 9.17) is 10.5 Å². The van der Waals surface area contributed by atoms with E-state index in [1.54, 1.807) is 19.4 Å². The molecular formula is C14H18N4O2S. The molecule has 1 saturated heterocycles. The molecule has 1 aliphatic heterocycles. The van der Waals surface area contributed by atoms with Crippen LogP contribution in [0.15, 0.2) is 12.3 Å². The van der Waals surface area contributed by atoms with E-state index in [-0.39, 0.29) is 12.0 Å². The number of fused-ring (bicyclic) bond motifs is 1. The summed E-state index contributed by atoms with van der Waals surface area (Å²) < 4.78 is 5.46. The number of nitrogens with zero attached hydrogens (tertiary/aromatic N) is 3. The summed E-state index contributed by atoms with van der Waals surface area (Å²) in [4.78, 5) is 15.8. The van der Waals surface area contributed by atoms with Gasteiger partial charge in [-0.2, -0.15) is 5.10 Å². The van der Waals surface area contributed by atoms with Crippen molar-refractivity contribution < 1.29 is 9.53 Å². The van der Waals surface area contributed by atoms with Crippen LogP contribution in [0.5, 0.6) is 0 Å². The van der Waals surface area contributed by atoms with Crippen LogP contribution < -0.4 is 5.73 Å². The Labute approximate surface area is 126 Å². The number of thiophene rings is 1. The third-order valence-electron chi connectivity index (χ3n) is 4.09. The number of piperidine rings is 1. The zero-order chi connectivity index (χ0) is 15.0. The Morgan fingerprint density at radius 2 is 2.38 bits per heavy atom. The number of carbonyl (C=O) groups excluding carboxylic acids is 1.